The van der Waals surface area contributed by atoms with Crippen molar-refractivity contribution in [1.82, 2.24) is 0 Å². The van der Waals surface area contributed by atoms with E-state index in [9.17, 15) is 0 Å². The van der Waals surface area contributed by atoms with Crippen LogP contribution in [0.15, 0.2) is 24.3 Å². The van der Waals surface area contributed by atoms with Gasteiger partial charge in [-0.15, -0.1) is 0 Å². The van der Waals surface area contributed by atoms with Crippen molar-refractivity contribution < 1.29 is 9.47 Å². The van der Waals surface area contributed by atoms with E-state index in [-0.39, 0.29) is 0 Å². The quantitative estimate of drug-likeness (QED) is 0.554. The number of rotatable bonds is 10. The molecule has 0 saturated heterocycles. The Morgan fingerprint density at radius 3 is 1.56 bits per heavy atom. The van der Waals surface area contributed by atoms with Crippen molar-refractivity contribution in [3.63, 3.8) is 0 Å². The van der Waals surface area contributed by atoms with Crippen LogP contribution >= 0.6 is 0 Å². The van der Waals surface area contributed by atoms with Gasteiger partial charge in [0.1, 0.15) is 0 Å². The van der Waals surface area contributed by atoms with Crippen LogP contribution < -0.4 is 9.47 Å². The first kappa shape index (κ1) is 14.9. The maximum Gasteiger partial charge on any atom is 0.161 e. The minimum atomic E-state index is 0.781. The number of para-hydroxylation sites is 2. The highest BCUT2D eigenvalue weighted by molar-refractivity contribution is 5.39. The molecular formula is C16H26O2. The van der Waals surface area contributed by atoms with Crippen molar-refractivity contribution in [1.29, 1.82) is 0 Å². The molecule has 0 unspecified atom stereocenters. The molecule has 0 aromatic heterocycles. The smallest absolute Gasteiger partial charge is 0.161 e. The van der Waals surface area contributed by atoms with Crippen LogP contribution in [0.2, 0.25) is 0 Å². The maximum atomic E-state index is 5.77. The lowest BCUT2D eigenvalue weighted by molar-refractivity contribution is 0.259. The first-order valence-corrected chi connectivity index (χ1v) is 7.23. The zero-order valence-electron chi connectivity index (χ0n) is 11.8. The second-order valence-electron chi connectivity index (χ2n) is 4.56. The molecule has 0 radical (unpaired) electrons. The van der Waals surface area contributed by atoms with Gasteiger partial charge in [-0.1, -0.05) is 51.7 Å². The van der Waals surface area contributed by atoms with Crippen LogP contribution in [0.1, 0.15) is 52.4 Å². The monoisotopic (exact) mass is 250 g/mol. The molecule has 0 aliphatic rings. The molecule has 0 spiro atoms. The van der Waals surface area contributed by atoms with Crippen molar-refractivity contribution >= 4 is 0 Å². The van der Waals surface area contributed by atoms with E-state index < -0.39 is 0 Å². The van der Waals surface area contributed by atoms with E-state index >= 15 is 0 Å². The molecular weight excluding hydrogens is 224 g/mol. The normalized spacial score (nSPS) is 10.3. The summed E-state index contributed by atoms with van der Waals surface area (Å²) < 4.78 is 11.5. The Balaban J connectivity index is 2.36. The molecule has 1 aromatic carbocycles. The summed E-state index contributed by atoms with van der Waals surface area (Å²) in [4.78, 5) is 0. The summed E-state index contributed by atoms with van der Waals surface area (Å²) in [5.41, 5.74) is 0. The Labute approximate surface area is 111 Å². The Bertz CT molecular complexity index is 279. The summed E-state index contributed by atoms with van der Waals surface area (Å²) in [5.74, 6) is 1.76. The van der Waals surface area contributed by atoms with Crippen molar-refractivity contribution in [2.24, 2.45) is 0 Å². The SMILES string of the molecule is CCCCCOc1ccccc1OCCCCC. The fourth-order valence-corrected chi connectivity index (χ4v) is 1.76. The van der Waals surface area contributed by atoms with Gasteiger partial charge < -0.3 is 9.47 Å². The average Bonchev–Trinajstić information content (AvgIpc) is 2.41. The lowest BCUT2D eigenvalue weighted by Gasteiger charge is -2.12. The van der Waals surface area contributed by atoms with Gasteiger partial charge in [0.2, 0.25) is 0 Å². The van der Waals surface area contributed by atoms with Crippen LogP contribution in [0.4, 0.5) is 0 Å². The number of unbranched alkanes of at least 4 members (excludes halogenated alkanes) is 4. The molecule has 18 heavy (non-hydrogen) atoms. The second kappa shape index (κ2) is 9.81. The molecule has 0 amide bonds. The molecule has 0 atom stereocenters. The van der Waals surface area contributed by atoms with Gasteiger partial charge in [-0.3, -0.25) is 0 Å². The first-order valence-electron chi connectivity index (χ1n) is 7.23. The van der Waals surface area contributed by atoms with Gasteiger partial charge in [-0.2, -0.15) is 0 Å². The first-order chi connectivity index (χ1) is 8.88. The third-order valence-corrected chi connectivity index (χ3v) is 2.86. The molecule has 0 aliphatic heterocycles. The summed E-state index contributed by atoms with van der Waals surface area (Å²) in [6, 6.07) is 7.96. The van der Waals surface area contributed by atoms with Crippen molar-refractivity contribution in [3.05, 3.63) is 24.3 Å². The van der Waals surface area contributed by atoms with Gasteiger partial charge in [-0.05, 0) is 25.0 Å². The molecule has 102 valence electrons. The van der Waals surface area contributed by atoms with E-state index in [1.165, 1.54) is 25.7 Å². The Kier molecular flexibility index (Phi) is 8.11. The molecule has 0 fully saturated rings. The van der Waals surface area contributed by atoms with E-state index in [0.717, 1.165) is 37.6 Å². The number of hydrogen-bond donors (Lipinski definition) is 0. The van der Waals surface area contributed by atoms with E-state index in [2.05, 4.69) is 13.8 Å². The Morgan fingerprint density at radius 1 is 0.722 bits per heavy atom. The number of hydrogen-bond acceptors (Lipinski definition) is 2. The van der Waals surface area contributed by atoms with E-state index in [4.69, 9.17) is 9.47 Å². The molecule has 0 saturated carbocycles. The minimum absolute atomic E-state index is 0.781. The molecule has 2 nitrogen and oxygen atoms in total. The lowest BCUT2D eigenvalue weighted by atomic mass is 10.2. The molecule has 2 heteroatoms. The topological polar surface area (TPSA) is 18.5 Å². The standard InChI is InChI=1S/C16H26O2/c1-3-5-9-13-17-15-11-7-8-12-16(15)18-14-10-6-4-2/h7-8,11-12H,3-6,9-10,13-14H2,1-2H3. The molecule has 0 N–H and O–H groups in total. The zero-order chi connectivity index (χ0) is 13.1. The molecule has 0 aliphatic carbocycles. The summed E-state index contributed by atoms with van der Waals surface area (Å²) in [6.07, 6.45) is 7.11. The van der Waals surface area contributed by atoms with Crippen LogP contribution in [0.5, 0.6) is 11.5 Å². The van der Waals surface area contributed by atoms with E-state index in [1.54, 1.807) is 0 Å². The van der Waals surface area contributed by atoms with Gasteiger partial charge in [-0.25, -0.2) is 0 Å². The fraction of sp³-hybridized carbons (Fsp3) is 0.625. The van der Waals surface area contributed by atoms with Gasteiger partial charge in [0.25, 0.3) is 0 Å². The van der Waals surface area contributed by atoms with Crippen molar-refractivity contribution in [3.8, 4) is 11.5 Å². The summed E-state index contributed by atoms with van der Waals surface area (Å²) in [7, 11) is 0. The number of ether oxygens (including phenoxy) is 2. The average molecular weight is 250 g/mol. The second-order valence-corrected chi connectivity index (χ2v) is 4.56. The highest BCUT2D eigenvalue weighted by Crippen LogP contribution is 2.26. The van der Waals surface area contributed by atoms with E-state index in [0.29, 0.717) is 0 Å². The highest BCUT2D eigenvalue weighted by atomic mass is 16.5. The van der Waals surface area contributed by atoms with Gasteiger partial charge in [0.05, 0.1) is 13.2 Å². The summed E-state index contributed by atoms with van der Waals surface area (Å²) in [5, 5.41) is 0. The van der Waals surface area contributed by atoms with Gasteiger partial charge >= 0.3 is 0 Å². The van der Waals surface area contributed by atoms with Gasteiger partial charge in [0, 0.05) is 0 Å². The van der Waals surface area contributed by atoms with Crippen LogP contribution in [0, 0.1) is 0 Å². The van der Waals surface area contributed by atoms with Crippen molar-refractivity contribution in [2.45, 2.75) is 52.4 Å². The van der Waals surface area contributed by atoms with Crippen LogP contribution in [-0.2, 0) is 0 Å². The molecule has 1 aromatic rings. The summed E-state index contributed by atoms with van der Waals surface area (Å²) in [6.45, 7) is 5.96. The zero-order valence-corrected chi connectivity index (χ0v) is 11.8. The van der Waals surface area contributed by atoms with Gasteiger partial charge in [0.15, 0.2) is 11.5 Å². The van der Waals surface area contributed by atoms with E-state index in [1.807, 2.05) is 24.3 Å². The van der Waals surface area contributed by atoms with Crippen LogP contribution in [-0.4, -0.2) is 13.2 Å². The Morgan fingerprint density at radius 2 is 1.17 bits per heavy atom. The van der Waals surface area contributed by atoms with Crippen LogP contribution in [0.3, 0.4) is 0 Å². The third-order valence-electron chi connectivity index (χ3n) is 2.86. The lowest BCUT2D eigenvalue weighted by Crippen LogP contribution is -2.02. The predicted molar refractivity (Wildman–Crippen MR) is 76.5 cm³/mol. The largest absolute Gasteiger partial charge is 0.490 e. The third kappa shape index (κ3) is 5.95. The predicted octanol–water partition coefficient (Wildman–Crippen LogP) is 4.82. The highest BCUT2D eigenvalue weighted by Gasteiger charge is 2.03. The molecule has 1 rings (SSSR count). The number of benzene rings is 1. The Hall–Kier alpha value is -1.18. The minimum Gasteiger partial charge on any atom is -0.490 e. The maximum absolute atomic E-state index is 5.77. The fourth-order valence-electron chi connectivity index (χ4n) is 1.76. The van der Waals surface area contributed by atoms with Crippen molar-refractivity contribution in [2.75, 3.05) is 13.2 Å². The molecule has 0 heterocycles. The summed E-state index contributed by atoms with van der Waals surface area (Å²) >= 11 is 0. The van der Waals surface area contributed by atoms with Crippen LogP contribution in [0.25, 0.3) is 0 Å². The molecule has 0 bridgehead atoms.